The summed E-state index contributed by atoms with van der Waals surface area (Å²) in [5.41, 5.74) is 2.83. The Bertz CT molecular complexity index is 1300. The molecule has 0 saturated carbocycles. The lowest BCUT2D eigenvalue weighted by Gasteiger charge is -2.26. The number of aryl methyl sites for hydroxylation is 1. The van der Waals surface area contributed by atoms with E-state index in [0.29, 0.717) is 18.2 Å². The number of hydrogen-bond donors (Lipinski definition) is 1. The van der Waals surface area contributed by atoms with Gasteiger partial charge in [-0.25, -0.2) is 14.5 Å². The Morgan fingerprint density at radius 3 is 3.12 bits per heavy atom. The quantitative estimate of drug-likeness (QED) is 0.459. The minimum atomic E-state index is -0.0134. The van der Waals surface area contributed by atoms with Crippen LogP contribution in [-0.2, 0) is 22.4 Å². The summed E-state index contributed by atoms with van der Waals surface area (Å²) in [6, 6.07) is 3.76. The molecule has 4 aromatic rings. The van der Waals surface area contributed by atoms with E-state index in [1.807, 2.05) is 25.4 Å². The Morgan fingerprint density at radius 1 is 1.41 bits per heavy atom. The third-order valence-electron chi connectivity index (χ3n) is 5.97. The summed E-state index contributed by atoms with van der Waals surface area (Å²) < 4.78 is 6.84. The molecule has 1 aliphatic rings. The monoisotopic (exact) mass is 470 g/mol. The highest BCUT2D eigenvalue weighted by Gasteiger charge is 2.30. The maximum Gasteiger partial charge on any atom is 0.225 e. The number of carbonyl (C=O) groups is 1. The lowest BCUT2D eigenvalue weighted by molar-refractivity contribution is -0.135. The lowest BCUT2D eigenvalue weighted by Crippen LogP contribution is -2.37. The van der Waals surface area contributed by atoms with E-state index in [9.17, 15) is 4.79 Å². The van der Waals surface area contributed by atoms with Gasteiger partial charge in [0.25, 0.3) is 0 Å². The molecule has 4 aromatic heterocycles. The Hall–Kier alpha value is -2.75. The molecule has 0 aromatic carbocycles. The van der Waals surface area contributed by atoms with Gasteiger partial charge in [-0.15, -0.1) is 11.3 Å². The van der Waals surface area contributed by atoms with Crippen LogP contribution in [0.1, 0.15) is 16.9 Å². The van der Waals surface area contributed by atoms with E-state index in [-0.39, 0.29) is 11.8 Å². The third-order valence-corrected chi connectivity index (χ3v) is 7.53. The molecular formula is C22H23ClN6O2S. The van der Waals surface area contributed by atoms with Crippen LogP contribution in [0.25, 0.3) is 15.7 Å². The number of methoxy groups -OCH3 is 1. The van der Waals surface area contributed by atoms with Gasteiger partial charge in [-0.05, 0) is 37.0 Å². The Labute approximate surface area is 194 Å². The van der Waals surface area contributed by atoms with Crippen LogP contribution in [0.2, 0.25) is 5.02 Å². The summed E-state index contributed by atoms with van der Waals surface area (Å²) in [5, 5.41) is 9.23. The zero-order valence-corrected chi connectivity index (χ0v) is 19.4. The number of carbonyl (C=O) groups excluding carboxylic acids is 1. The van der Waals surface area contributed by atoms with Crippen LogP contribution >= 0.6 is 22.9 Å². The summed E-state index contributed by atoms with van der Waals surface area (Å²) in [6.07, 6.45) is 7.51. The first-order valence-corrected chi connectivity index (χ1v) is 11.6. The van der Waals surface area contributed by atoms with Crippen LogP contribution in [0, 0.1) is 5.92 Å². The summed E-state index contributed by atoms with van der Waals surface area (Å²) in [4.78, 5) is 25.8. The molecule has 0 bridgehead atoms. The van der Waals surface area contributed by atoms with Gasteiger partial charge in [0.1, 0.15) is 17.0 Å². The number of ether oxygens (including phenoxy) is 1. The van der Waals surface area contributed by atoms with Gasteiger partial charge in [-0.2, -0.15) is 5.10 Å². The van der Waals surface area contributed by atoms with Gasteiger partial charge in [-0.1, -0.05) is 11.6 Å². The number of nitrogens with one attached hydrogen (secondary N) is 1. The first-order chi connectivity index (χ1) is 15.6. The van der Waals surface area contributed by atoms with E-state index < -0.39 is 0 Å². The van der Waals surface area contributed by atoms with E-state index in [4.69, 9.17) is 16.3 Å². The van der Waals surface area contributed by atoms with Gasteiger partial charge in [-0.3, -0.25) is 4.79 Å². The fraction of sp³-hybridized carbons (Fsp3) is 0.364. The molecule has 0 radical (unpaired) electrons. The van der Waals surface area contributed by atoms with Crippen molar-refractivity contribution in [1.29, 1.82) is 0 Å². The van der Waals surface area contributed by atoms with Crippen molar-refractivity contribution in [2.45, 2.75) is 19.3 Å². The molecule has 0 fully saturated rings. The Balaban J connectivity index is 1.44. The number of halogens is 1. The minimum Gasteiger partial charge on any atom is -0.383 e. The van der Waals surface area contributed by atoms with Crippen LogP contribution < -0.4 is 5.32 Å². The van der Waals surface area contributed by atoms with Gasteiger partial charge < -0.3 is 15.0 Å². The molecule has 1 aliphatic carbocycles. The third kappa shape index (κ3) is 3.70. The van der Waals surface area contributed by atoms with E-state index in [1.165, 1.54) is 10.4 Å². The van der Waals surface area contributed by atoms with Gasteiger partial charge in [0.05, 0.1) is 34.4 Å². The van der Waals surface area contributed by atoms with E-state index >= 15 is 0 Å². The number of pyridine rings is 1. The Kier molecular flexibility index (Phi) is 5.71. The van der Waals surface area contributed by atoms with Crippen molar-refractivity contribution in [2.75, 3.05) is 32.6 Å². The molecule has 166 valence electrons. The summed E-state index contributed by atoms with van der Waals surface area (Å²) in [5.74, 6) is 0.899. The first-order valence-electron chi connectivity index (χ1n) is 10.4. The van der Waals surface area contributed by atoms with E-state index in [1.54, 1.807) is 40.4 Å². The van der Waals surface area contributed by atoms with Gasteiger partial charge >= 0.3 is 0 Å². The predicted octanol–water partition coefficient (Wildman–Crippen LogP) is 3.95. The number of nitrogens with zero attached hydrogens (tertiary/aromatic N) is 5. The van der Waals surface area contributed by atoms with E-state index in [2.05, 4.69) is 20.4 Å². The van der Waals surface area contributed by atoms with Crippen LogP contribution in [-0.4, -0.2) is 57.7 Å². The molecule has 1 atom stereocenters. The zero-order chi connectivity index (χ0) is 22.2. The number of fused-ring (bicyclic) bond motifs is 4. The summed E-state index contributed by atoms with van der Waals surface area (Å²) in [7, 11) is 3.49. The first kappa shape index (κ1) is 21.1. The number of amides is 1. The van der Waals surface area contributed by atoms with Crippen molar-refractivity contribution in [2.24, 2.45) is 5.92 Å². The van der Waals surface area contributed by atoms with Gasteiger partial charge in [0.2, 0.25) is 5.91 Å². The van der Waals surface area contributed by atoms with Crippen molar-refractivity contribution >= 4 is 56.1 Å². The Morgan fingerprint density at radius 2 is 2.28 bits per heavy atom. The molecule has 1 N–H and O–H groups in total. The average molecular weight is 471 g/mol. The average Bonchev–Trinajstić information content (AvgIpc) is 3.43. The van der Waals surface area contributed by atoms with Crippen molar-refractivity contribution in [3.8, 4) is 0 Å². The second-order valence-corrected chi connectivity index (χ2v) is 9.39. The number of rotatable bonds is 6. The highest BCUT2D eigenvalue weighted by molar-refractivity contribution is 7.19. The van der Waals surface area contributed by atoms with Crippen LogP contribution in [0.15, 0.2) is 30.9 Å². The number of anilines is 2. The molecule has 0 aliphatic heterocycles. The molecule has 32 heavy (non-hydrogen) atoms. The molecule has 0 saturated heterocycles. The van der Waals surface area contributed by atoms with Crippen molar-refractivity contribution < 1.29 is 9.53 Å². The van der Waals surface area contributed by atoms with Crippen molar-refractivity contribution in [3.05, 3.63) is 46.3 Å². The normalized spacial score (nSPS) is 15.8. The van der Waals surface area contributed by atoms with E-state index in [0.717, 1.165) is 46.5 Å². The van der Waals surface area contributed by atoms with Crippen molar-refractivity contribution in [1.82, 2.24) is 24.5 Å². The lowest BCUT2D eigenvalue weighted by atomic mass is 9.87. The van der Waals surface area contributed by atoms with Gasteiger partial charge in [0.15, 0.2) is 0 Å². The van der Waals surface area contributed by atoms with Crippen molar-refractivity contribution in [3.63, 3.8) is 0 Å². The molecule has 4 heterocycles. The van der Waals surface area contributed by atoms with Crippen LogP contribution in [0.4, 0.5) is 11.5 Å². The summed E-state index contributed by atoms with van der Waals surface area (Å²) >= 11 is 8.26. The number of likely N-dealkylation sites (N-methyl/N-ethyl adjacent to an activating group) is 1. The standard InChI is InChI=1S/C22H23ClN6O2S/c1-28(9-10-31-2)22(30)13-3-4-14-17(11-13)32-21-18(14)20(24-12-25-21)27-15-6-8-29-16(19(15)23)5-7-26-29/h5-8,12-13H,3-4,9-11H2,1-2H3,(H,24,25,27)/t13-/m0/s1. The molecule has 8 nitrogen and oxygen atoms in total. The second-order valence-electron chi connectivity index (χ2n) is 7.93. The molecular weight excluding hydrogens is 448 g/mol. The molecule has 10 heteroatoms. The molecule has 1 amide bonds. The maximum absolute atomic E-state index is 12.9. The molecule has 0 unspecified atom stereocenters. The fourth-order valence-corrected chi connectivity index (χ4v) is 5.78. The number of aromatic nitrogens is 4. The highest BCUT2D eigenvalue weighted by Crippen LogP contribution is 2.41. The SMILES string of the molecule is COCCN(C)C(=O)[C@H]1CCc2c(sc3ncnc(Nc4ccn5nccc5c4Cl)c23)C1. The smallest absolute Gasteiger partial charge is 0.225 e. The van der Waals surface area contributed by atoms with Gasteiger partial charge in [0, 0.05) is 37.7 Å². The zero-order valence-electron chi connectivity index (χ0n) is 17.8. The number of thiophene rings is 1. The number of hydrogen-bond acceptors (Lipinski definition) is 7. The predicted molar refractivity (Wildman–Crippen MR) is 126 cm³/mol. The topological polar surface area (TPSA) is 84.6 Å². The molecule has 0 spiro atoms. The second kappa shape index (κ2) is 8.65. The van der Waals surface area contributed by atoms with Crippen LogP contribution in [0.3, 0.4) is 0 Å². The molecule has 5 rings (SSSR count). The summed E-state index contributed by atoms with van der Waals surface area (Å²) in [6.45, 7) is 1.15. The van der Waals surface area contributed by atoms with Crippen LogP contribution in [0.5, 0.6) is 0 Å². The minimum absolute atomic E-state index is 0.0134. The highest BCUT2D eigenvalue weighted by atomic mass is 35.5. The largest absolute Gasteiger partial charge is 0.383 e. The maximum atomic E-state index is 12.9. The fourth-order valence-electron chi connectivity index (χ4n) is 4.25.